The van der Waals surface area contributed by atoms with Gasteiger partial charge in [-0.05, 0) is 54.7 Å². The standard InChI is InChI=1S/C23H28N2O4/c1-16-6-5-11-25(15-16)23(27)19-8-4-7-18(13-19)22(26)24-14-17-9-10-20(28-2)21(12-17)29-3/h4,7-10,12-13,16H,5-6,11,14-15H2,1-3H3,(H,24,26). The number of nitrogens with one attached hydrogen (secondary N) is 1. The highest BCUT2D eigenvalue weighted by molar-refractivity contribution is 5.99. The minimum absolute atomic E-state index is 0.00825. The first kappa shape index (κ1) is 20.7. The predicted molar refractivity (Wildman–Crippen MR) is 111 cm³/mol. The number of amides is 2. The fraction of sp³-hybridized carbons (Fsp3) is 0.391. The Labute approximate surface area is 171 Å². The van der Waals surface area contributed by atoms with Crippen molar-refractivity contribution in [3.63, 3.8) is 0 Å². The second-order valence-electron chi connectivity index (χ2n) is 7.45. The van der Waals surface area contributed by atoms with Gasteiger partial charge in [0.05, 0.1) is 14.2 Å². The zero-order chi connectivity index (χ0) is 20.8. The molecule has 154 valence electrons. The molecular weight excluding hydrogens is 368 g/mol. The van der Waals surface area contributed by atoms with Crippen molar-refractivity contribution in [2.24, 2.45) is 5.92 Å². The van der Waals surface area contributed by atoms with Crippen LogP contribution in [-0.4, -0.2) is 44.0 Å². The summed E-state index contributed by atoms with van der Waals surface area (Å²) in [5.74, 6) is 1.54. The van der Waals surface area contributed by atoms with E-state index in [0.29, 0.717) is 35.1 Å². The van der Waals surface area contributed by atoms with E-state index in [1.807, 2.05) is 17.0 Å². The number of nitrogens with zero attached hydrogens (tertiary/aromatic N) is 1. The Morgan fingerprint density at radius 3 is 2.55 bits per heavy atom. The number of hydrogen-bond acceptors (Lipinski definition) is 4. The van der Waals surface area contributed by atoms with Crippen LogP contribution in [0, 0.1) is 5.92 Å². The van der Waals surface area contributed by atoms with Crippen molar-refractivity contribution in [2.45, 2.75) is 26.3 Å². The van der Waals surface area contributed by atoms with Gasteiger partial charge in [0.25, 0.3) is 11.8 Å². The fourth-order valence-corrected chi connectivity index (χ4v) is 3.62. The van der Waals surface area contributed by atoms with Gasteiger partial charge in [-0.15, -0.1) is 0 Å². The Hall–Kier alpha value is -3.02. The molecule has 2 amide bonds. The molecule has 1 saturated heterocycles. The molecule has 0 spiro atoms. The van der Waals surface area contributed by atoms with E-state index in [1.54, 1.807) is 44.6 Å². The highest BCUT2D eigenvalue weighted by atomic mass is 16.5. The lowest BCUT2D eigenvalue weighted by Gasteiger charge is -2.31. The third-order valence-corrected chi connectivity index (χ3v) is 5.22. The summed E-state index contributed by atoms with van der Waals surface area (Å²) in [6.45, 7) is 4.06. The predicted octanol–water partition coefficient (Wildman–Crippen LogP) is 3.51. The van der Waals surface area contributed by atoms with Crippen LogP contribution in [0.25, 0.3) is 0 Å². The van der Waals surface area contributed by atoms with E-state index < -0.39 is 0 Å². The lowest BCUT2D eigenvalue weighted by Crippen LogP contribution is -2.39. The lowest BCUT2D eigenvalue weighted by molar-refractivity contribution is 0.0683. The number of likely N-dealkylation sites (tertiary alicyclic amines) is 1. The molecule has 1 fully saturated rings. The molecule has 0 aliphatic carbocycles. The highest BCUT2D eigenvalue weighted by Gasteiger charge is 2.22. The van der Waals surface area contributed by atoms with Crippen molar-refractivity contribution in [3.05, 3.63) is 59.2 Å². The van der Waals surface area contributed by atoms with E-state index in [4.69, 9.17) is 9.47 Å². The van der Waals surface area contributed by atoms with Crippen molar-refractivity contribution in [1.29, 1.82) is 0 Å². The topological polar surface area (TPSA) is 67.9 Å². The van der Waals surface area contributed by atoms with Gasteiger partial charge in [0.2, 0.25) is 0 Å². The Morgan fingerprint density at radius 1 is 1.07 bits per heavy atom. The molecule has 6 nitrogen and oxygen atoms in total. The molecule has 0 aromatic heterocycles. The quantitative estimate of drug-likeness (QED) is 0.811. The second-order valence-corrected chi connectivity index (χ2v) is 7.45. The molecule has 1 heterocycles. The SMILES string of the molecule is COc1ccc(CNC(=O)c2cccc(C(=O)N3CCCC(C)C3)c2)cc1OC. The molecule has 29 heavy (non-hydrogen) atoms. The summed E-state index contributed by atoms with van der Waals surface area (Å²) in [5.41, 5.74) is 1.92. The number of benzene rings is 2. The normalized spacial score (nSPS) is 16.2. The van der Waals surface area contributed by atoms with E-state index in [1.165, 1.54) is 0 Å². The summed E-state index contributed by atoms with van der Waals surface area (Å²) in [7, 11) is 3.16. The number of carbonyl (C=O) groups is 2. The summed E-state index contributed by atoms with van der Waals surface area (Å²) in [4.78, 5) is 27.3. The molecule has 0 bridgehead atoms. The molecule has 1 atom stereocenters. The van der Waals surface area contributed by atoms with E-state index in [9.17, 15) is 9.59 Å². The number of carbonyl (C=O) groups excluding carboxylic acids is 2. The first-order chi connectivity index (χ1) is 14.0. The summed E-state index contributed by atoms with van der Waals surface area (Å²) in [5, 5.41) is 2.90. The van der Waals surface area contributed by atoms with Crippen molar-refractivity contribution in [1.82, 2.24) is 10.2 Å². The molecule has 1 unspecified atom stereocenters. The maximum Gasteiger partial charge on any atom is 0.253 e. The molecule has 1 aliphatic rings. The van der Waals surface area contributed by atoms with Crippen LogP contribution in [-0.2, 0) is 6.54 Å². The highest BCUT2D eigenvalue weighted by Crippen LogP contribution is 2.27. The van der Waals surface area contributed by atoms with Gasteiger partial charge in [0, 0.05) is 30.8 Å². The Kier molecular flexibility index (Phi) is 6.75. The maximum atomic E-state index is 12.8. The van der Waals surface area contributed by atoms with Crippen molar-refractivity contribution >= 4 is 11.8 Å². The monoisotopic (exact) mass is 396 g/mol. The van der Waals surface area contributed by atoms with Crippen LogP contribution in [0.2, 0.25) is 0 Å². The van der Waals surface area contributed by atoms with E-state index in [-0.39, 0.29) is 11.8 Å². The van der Waals surface area contributed by atoms with E-state index in [0.717, 1.165) is 31.5 Å². The van der Waals surface area contributed by atoms with Gasteiger partial charge in [-0.25, -0.2) is 0 Å². The third kappa shape index (κ3) is 5.08. The number of hydrogen-bond donors (Lipinski definition) is 1. The maximum absolute atomic E-state index is 12.8. The summed E-state index contributed by atoms with van der Waals surface area (Å²) >= 11 is 0. The van der Waals surface area contributed by atoms with Crippen molar-refractivity contribution in [3.8, 4) is 11.5 Å². The Balaban J connectivity index is 1.66. The molecule has 6 heteroatoms. The van der Waals surface area contributed by atoms with E-state index >= 15 is 0 Å². The molecule has 3 rings (SSSR count). The van der Waals surface area contributed by atoms with Gasteiger partial charge in [0.1, 0.15) is 0 Å². The van der Waals surface area contributed by atoms with Crippen molar-refractivity contribution in [2.75, 3.05) is 27.3 Å². The van der Waals surface area contributed by atoms with Gasteiger partial charge in [-0.3, -0.25) is 9.59 Å². The largest absolute Gasteiger partial charge is 0.493 e. The first-order valence-electron chi connectivity index (χ1n) is 9.90. The first-order valence-corrected chi connectivity index (χ1v) is 9.90. The molecule has 1 N–H and O–H groups in total. The van der Waals surface area contributed by atoms with Gasteiger partial charge < -0.3 is 19.7 Å². The van der Waals surface area contributed by atoms with Crippen LogP contribution >= 0.6 is 0 Å². The van der Waals surface area contributed by atoms with Crippen LogP contribution < -0.4 is 14.8 Å². The van der Waals surface area contributed by atoms with E-state index in [2.05, 4.69) is 12.2 Å². The fourth-order valence-electron chi connectivity index (χ4n) is 3.62. The number of methoxy groups -OCH3 is 2. The molecule has 0 saturated carbocycles. The summed E-state index contributed by atoms with van der Waals surface area (Å²) in [6, 6.07) is 12.4. The zero-order valence-electron chi connectivity index (χ0n) is 17.2. The Bertz CT molecular complexity index is 881. The molecular formula is C23H28N2O4. The molecule has 2 aromatic carbocycles. The molecule has 0 radical (unpaired) electrons. The second kappa shape index (κ2) is 9.45. The van der Waals surface area contributed by atoms with Gasteiger partial charge in [0.15, 0.2) is 11.5 Å². The third-order valence-electron chi connectivity index (χ3n) is 5.22. The van der Waals surface area contributed by atoms with Crippen LogP contribution in [0.1, 0.15) is 46.0 Å². The van der Waals surface area contributed by atoms with Gasteiger partial charge in [-0.1, -0.05) is 19.1 Å². The van der Waals surface area contributed by atoms with Crippen LogP contribution in [0.15, 0.2) is 42.5 Å². The van der Waals surface area contributed by atoms with Crippen LogP contribution in [0.3, 0.4) is 0 Å². The number of rotatable bonds is 6. The smallest absolute Gasteiger partial charge is 0.253 e. The van der Waals surface area contributed by atoms with Crippen LogP contribution in [0.5, 0.6) is 11.5 Å². The molecule has 2 aromatic rings. The summed E-state index contributed by atoms with van der Waals surface area (Å²) < 4.78 is 10.5. The van der Waals surface area contributed by atoms with Crippen molar-refractivity contribution < 1.29 is 19.1 Å². The average Bonchev–Trinajstić information content (AvgIpc) is 2.76. The minimum Gasteiger partial charge on any atom is -0.493 e. The number of piperidine rings is 1. The lowest BCUT2D eigenvalue weighted by atomic mass is 9.99. The van der Waals surface area contributed by atoms with Crippen LogP contribution in [0.4, 0.5) is 0 Å². The summed E-state index contributed by atoms with van der Waals surface area (Å²) in [6.07, 6.45) is 2.18. The minimum atomic E-state index is -0.221. The Morgan fingerprint density at radius 2 is 1.83 bits per heavy atom. The van der Waals surface area contributed by atoms with Gasteiger partial charge in [-0.2, -0.15) is 0 Å². The average molecular weight is 396 g/mol. The molecule has 1 aliphatic heterocycles. The number of ether oxygens (including phenoxy) is 2. The van der Waals surface area contributed by atoms with Gasteiger partial charge >= 0.3 is 0 Å². The zero-order valence-corrected chi connectivity index (χ0v) is 17.2.